The van der Waals surface area contributed by atoms with Gasteiger partial charge < -0.3 is 24.8 Å². The second-order valence-electron chi connectivity index (χ2n) is 6.10. The van der Waals surface area contributed by atoms with Crippen LogP contribution in [0.1, 0.15) is 31.2 Å². The third-order valence-corrected chi connectivity index (χ3v) is 4.14. The van der Waals surface area contributed by atoms with Crippen molar-refractivity contribution in [3.63, 3.8) is 0 Å². The molecule has 3 rings (SSSR count). The average molecular weight is 357 g/mol. The van der Waals surface area contributed by atoms with Crippen molar-refractivity contribution in [3.05, 3.63) is 35.9 Å². The summed E-state index contributed by atoms with van der Waals surface area (Å²) in [4.78, 5) is 13.6. The van der Waals surface area contributed by atoms with Crippen molar-refractivity contribution in [3.8, 4) is 23.0 Å². The highest BCUT2D eigenvalue weighted by molar-refractivity contribution is 5.67. The minimum atomic E-state index is -0.157. The molecule has 138 valence electrons. The second-order valence-corrected chi connectivity index (χ2v) is 6.10. The van der Waals surface area contributed by atoms with Gasteiger partial charge in [-0.05, 0) is 24.6 Å². The summed E-state index contributed by atoms with van der Waals surface area (Å²) in [7, 11) is 1.51. The van der Waals surface area contributed by atoms with Gasteiger partial charge in [0.15, 0.2) is 28.8 Å². The molecule has 0 bridgehead atoms. The molecule has 1 aromatic rings. The maximum atomic E-state index is 9.99. The van der Waals surface area contributed by atoms with Gasteiger partial charge in [0.25, 0.3) is 0 Å². The van der Waals surface area contributed by atoms with E-state index in [9.17, 15) is 10.2 Å². The monoisotopic (exact) mass is 357 g/mol. The van der Waals surface area contributed by atoms with E-state index in [4.69, 9.17) is 4.74 Å². The third-order valence-electron chi connectivity index (χ3n) is 4.14. The first-order valence-corrected chi connectivity index (χ1v) is 8.50. The molecule has 1 atom stereocenters. The molecule has 3 N–H and O–H groups in total. The number of hydrogen-bond acceptors (Lipinski definition) is 7. The summed E-state index contributed by atoms with van der Waals surface area (Å²) < 4.78 is 6.95. The van der Waals surface area contributed by atoms with Gasteiger partial charge in [-0.3, -0.25) is 0 Å². The van der Waals surface area contributed by atoms with E-state index >= 15 is 0 Å². The fraction of sp³-hybridized carbons (Fsp3) is 0.389. The standard InChI is InChI=1S/C18H23N5O3/c1-4-19-17-15-18(22-16(21-15)11(2)9-24)23(10-20-17)8-12-5-6-14(26-3)13(25)7-12/h5-7,10-11,19,24-25H,4,8-9H2,1-3H3. The Morgan fingerprint density at radius 2 is 2.12 bits per heavy atom. The van der Waals surface area contributed by atoms with Crippen LogP contribution in [0.15, 0.2) is 24.5 Å². The van der Waals surface area contributed by atoms with Gasteiger partial charge in [-0.1, -0.05) is 13.0 Å². The zero-order valence-electron chi connectivity index (χ0n) is 15.1. The number of nitrogens with one attached hydrogen (secondary N) is 1. The highest BCUT2D eigenvalue weighted by Crippen LogP contribution is 2.30. The van der Waals surface area contributed by atoms with Crippen LogP contribution in [-0.2, 0) is 6.54 Å². The Morgan fingerprint density at radius 1 is 1.31 bits per heavy atom. The molecule has 0 aromatic heterocycles. The number of hydrogen-bond donors (Lipinski definition) is 3. The molecule has 8 heteroatoms. The molecule has 2 heterocycles. The molecule has 0 fully saturated rings. The third kappa shape index (κ3) is 3.41. The van der Waals surface area contributed by atoms with E-state index in [0.29, 0.717) is 35.5 Å². The smallest absolute Gasteiger partial charge is 0.166 e. The number of phenols is 1. The lowest BCUT2D eigenvalue weighted by atomic mass is 10.2. The highest BCUT2D eigenvalue weighted by Gasteiger charge is 2.22. The van der Waals surface area contributed by atoms with Crippen molar-refractivity contribution in [1.29, 1.82) is 0 Å². The van der Waals surface area contributed by atoms with Gasteiger partial charge in [0, 0.05) is 12.5 Å². The molecule has 0 saturated carbocycles. The number of aromatic nitrogens is 4. The number of anilines is 1. The Kier molecular flexibility index (Phi) is 5.22. The summed E-state index contributed by atoms with van der Waals surface area (Å²) in [6.45, 7) is 5.03. The number of benzene rings is 1. The number of phenolic OH excluding ortho intramolecular Hbond substituents is 1. The molecular formula is C18H23N5O3. The summed E-state index contributed by atoms with van der Waals surface area (Å²) in [5.74, 6) is 2.29. The Bertz CT molecular complexity index is 864. The van der Waals surface area contributed by atoms with Crippen LogP contribution in [0.3, 0.4) is 0 Å². The van der Waals surface area contributed by atoms with Crippen LogP contribution in [0.25, 0.3) is 11.5 Å². The van der Waals surface area contributed by atoms with Gasteiger partial charge in [-0.2, -0.15) is 0 Å². The van der Waals surface area contributed by atoms with Gasteiger partial charge in [-0.25, -0.2) is 15.0 Å². The van der Waals surface area contributed by atoms with Crippen molar-refractivity contribution in [2.45, 2.75) is 26.3 Å². The zero-order chi connectivity index (χ0) is 18.7. The first-order chi connectivity index (χ1) is 12.6. The number of imidazole rings is 1. The predicted octanol–water partition coefficient (Wildman–Crippen LogP) is 2.07. The lowest BCUT2D eigenvalue weighted by Crippen LogP contribution is -2.10. The molecule has 0 radical (unpaired) electrons. The summed E-state index contributed by atoms with van der Waals surface area (Å²) >= 11 is 0. The van der Waals surface area contributed by atoms with Crippen LogP contribution in [0.2, 0.25) is 0 Å². The first-order valence-electron chi connectivity index (χ1n) is 8.50. The van der Waals surface area contributed by atoms with Gasteiger partial charge in [-0.15, -0.1) is 0 Å². The Hall–Kier alpha value is -2.87. The van der Waals surface area contributed by atoms with Crippen molar-refractivity contribution < 1.29 is 14.9 Å². The number of ether oxygens (including phenoxy) is 1. The van der Waals surface area contributed by atoms with Crippen LogP contribution in [-0.4, -0.2) is 50.0 Å². The van der Waals surface area contributed by atoms with Gasteiger partial charge in [0.1, 0.15) is 5.82 Å². The summed E-state index contributed by atoms with van der Waals surface area (Å²) in [6.07, 6.45) is 1.70. The number of aromatic hydroxyl groups is 1. The summed E-state index contributed by atoms with van der Waals surface area (Å²) in [6, 6.07) is 5.26. The SMILES string of the molecule is CCNc1ncn(Cc2ccc(OC)c(O)c2)c2nc(C(C)CO)nc1-2. The summed E-state index contributed by atoms with van der Waals surface area (Å²) in [5, 5.41) is 22.6. The van der Waals surface area contributed by atoms with E-state index < -0.39 is 0 Å². The number of aliphatic hydroxyl groups is 1. The fourth-order valence-corrected chi connectivity index (χ4v) is 2.70. The van der Waals surface area contributed by atoms with Gasteiger partial charge >= 0.3 is 0 Å². The lowest BCUT2D eigenvalue weighted by Gasteiger charge is -2.14. The predicted molar refractivity (Wildman–Crippen MR) is 97.9 cm³/mol. The molecule has 8 nitrogen and oxygen atoms in total. The van der Waals surface area contributed by atoms with E-state index in [1.54, 1.807) is 18.5 Å². The van der Waals surface area contributed by atoms with Crippen LogP contribution in [0, 0.1) is 0 Å². The number of methoxy groups -OCH3 is 1. The van der Waals surface area contributed by atoms with Crippen molar-refractivity contribution >= 4 is 5.82 Å². The second kappa shape index (κ2) is 7.57. The molecule has 0 amide bonds. The fourth-order valence-electron chi connectivity index (χ4n) is 2.70. The molecule has 0 aliphatic carbocycles. The van der Waals surface area contributed by atoms with Crippen molar-refractivity contribution in [2.24, 2.45) is 0 Å². The van der Waals surface area contributed by atoms with E-state index in [1.165, 1.54) is 7.11 Å². The van der Waals surface area contributed by atoms with Crippen LogP contribution in [0.4, 0.5) is 5.82 Å². The molecule has 1 unspecified atom stereocenters. The number of rotatable bonds is 7. The molecule has 1 aromatic carbocycles. The normalized spacial score (nSPS) is 12.3. The van der Waals surface area contributed by atoms with E-state index in [1.807, 2.05) is 24.5 Å². The molecule has 2 aliphatic heterocycles. The maximum Gasteiger partial charge on any atom is 0.166 e. The molecule has 26 heavy (non-hydrogen) atoms. The average Bonchev–Trinajstić information content (AvgIpc) is 3.09. The Morgan fingerprint density at radius 3 is 2.77 bits per heavy atom. The quantitative estimate of drug-likeness (QED) is 0.594. The minimum Gasteiger partial charge on any atom is -0.504 e. The topological polar surface area (TPSA) is 105 Å². The van der Waals surface area contributed by atoms with Crippen LogP contribution in [0.5, 0.6) is 11.5 Å². The number of aliphatic hydroxyl groups excluding tert-OH is 1. The zero-order valence-corrected chi connectivity index (χ0v) is 15.1. The molecule has 0 spiro atoms. The minimum absolute atomic E-state index is 0.0212. The summed E-state index contributed by atoms with van der Waals surface area (Å²) in [5.41, 5.74) is 1.55. The van der Waals surface area contributed by atoms with E-state index in [2.05, 4.69) is 20.3 Å². The van der Waals surface area contributed by atoms with Gasteiger partial charge in [0.2, 0.25) is 0 Å². The van der Waals surface area contributed by atoms with Crippen LogP contribution >= 0.6 is 0 Å². The maximum absolute atomic E-state index is 9.99. The van der Waals surface area contributed by atoms with Crippen molar-refractivity contribution in [2.75, 3.05) is 25.6 Å². The first kappa shape index (κ1) is 17.9. The van der Waals surface area contributed by atoms with E-state index in [0.717, 1.165) is 12.1 Å². The van der Waals surface area contributed by atoms with Crippen molar-refractivity contribution in [1.82, 2.24) is 19.5 Å². The largest absolute Gasteiger partial charge is 0.504 e. The van der Waals surface area contributed by atoms with Gasteiger partial charge in [0.05, 0.1) is 26.6 Å². The molecule has 0 saturated heterocycles. The number of fused-ring (bicyclic) bond motifs is 1. The Balaban J connectivity index is 2.01. The van der Waals surface area contributed by atoms with Crippen LogP contribution < -0.4 is 10.1 Å². The number of nitrogens with zero attached hydrogens (tertiary/aromatic N) is 4. The molecule has 2 aliphatic rings. The lowest BCUT2D eigenvalue weighted by molar-refractivity contribution is 0.269. The highest BCUT2D eigenvalue weighted by atomic mass is 16.5. The molecular weight excluding hydrogens is 334 g/mol. The Labute approximate surface area is 151 Å². The van der Waals surface area contributed by atoms with E-state index in [-0.39, 0.29) is 18.3 Å².